The molecule has 2 saturated heterocycles. The SMILES string of the molecule is CN=C(NCC1CCN(C)C1)N1CCN(c2ccccc2OC)CC1. The van der Waals surface area contributed by atoms with E-state index in [9.17, 15) is 0 Å². The van der Waals surface area contributed by atoms with Gasteiger partial charge in [0.25, 0.3) is 0 Å². The molecule has 0 spiro atoms. The third kappa shape index (κ3) is 4.37. The molecule has 2 aliphatic heterocycles. The Morgan fingerprint density at radius 3 is 2.60 bits per heavy atom. The summed E-state index contributed by atoms with van der Waals surface area (Å²) in [6.07, 6.45) is 1.28. The number of guanidine groups is 1. The van der Waals surface area contributed by atoms with Gasteiger partial charge >= 0.3 is 0 Å². The number of rotatable bonds is 4. The monoisotopic (exact) mass is 345 g/mol. The van der Waals surface area contributed by atoms with Gasteiger partial charge in [-0.05, 0) is 38.1 Å². The van der Waals surface area contributed by atoms with Gasteiger partial charge in [-0.15, -0.1) is 0 Å². The number of hydrogen-bond donors (Lipinski definition) is 1. The Morgan fingerprint density at radius 2 is 1.96 bits per heavy atom. The quantitative estimate of drug-likeness (QED) is 0.659. The summed E-state index contributed by atoms with van der Waals surface area (Å²) < 4.78 is 5.50. The van der Waals surface area contributed by atoms with Gasteiger partial charge in [0.05, 0.1) is 12.8 Å². The van der Waals surface area contributed by atoms with Crippen molar-refractivity contribution >= 4 is 11.6 Å². The summed E-state index contributed by atoms with van der Waals surface area (Å²) in [4.78, 5) is 11.7. The smallest absolute Gasteiger partial charge is 0.193 e. The highest BCUT2D eigenvalue weighted by molar-refractivity contribution is 5.80. The van der Waals surface area contributed by atoms with E-state index in [0.29, 0.717) is 0 Å². The maximum Gasteiger partial charge on any atom is 0.193 e. The number of benzene rings is 1. The fourth-order valence-corrected chi connectivity index (χ4v) is 3.81. The number of nitrogens with zero attached hydrogens (tertiary/aromatic N) is 4. The molecule has 1 unspecified atom stereocenters. The Hall–Kier alpha value is -1.95. The van der Waals surface area contributed by atoms with Crippen molar-refractivity contribution in [1.82, 2.24) is 15.1 Å². The van der Waals surface area contributed by atoms with Crippen LogP contribution in [0.1, 0.15) is 6.42 Å². The lowest BCUT2D eigenvalue weighted by Crippen LogP contribution is -2.53. The second-order valence-electron chi connectivity index (χ2n) is 6.99. The third-order valence-corrected chi connectivity index (χ3v) is 5.25. The molecule has 1 atom stereocenters. The van der Waals surface area contributed by atoms with Crippen molar-refractivity contribution in [3.8, 4) is 5.75 Å². The summed E-state index contributed by atoms with van der Waals surface area (Å²) in [6, 6.07) is 8.26. The molecule has 0 aliphatic carbocycles. The number of anilines is 1. The summed E-state index contributed by atoms with van der Waals surface area (Å²) >= 11 is 0. The molecule has 0 bridgehead atoms. The number of aliphatic imine (C=N–C) groups is 1. The van der Waals surface area contributed by atoms with Crippen molar-refractivity contribution in [2.24, 2.45) is 10.9 Å². The number of likely N-dealkylation sites (tertiary alicyclic amines) is 1. The summed E-state index contributed by atoms with van der Waals surface area (Å²) in [5.74, 6) is 2.72. The largest absolute Gasteiger partial charge is 0.495 e. The van der Waals surface area contributed by atoms with Crippen molar-refractivity contribution in [3.63, 3.8) is 0 Å². The molecule has 1 N–H and O–H groups in total. The molecule has 6 heteroatoms. The van der Waals surface area contributed by atoms with Crippen molar-refractivity contribution in [3.05, 3.63) is 24.3 Å². The van der Waals surface area contributed by atoms with Crippen LogP contribution >= 0.6 is 0 Å². The normalized spacial score (nSPS) is 22.4. The molecule has 2 heterocycles. The van der Waals surface area contributed by atoms with E-state index in [1.165, 1.54) is 25.2 Å². The van der Waals surface area contributed by atoms with Crippen LogP contribution in [-0.4, -0.2) is 82.8 Å². The first-order chi connectivity index (χ1) is 12.2. The maximum atomic E-state index is 5.50. The zero-order valence-electron chi connectivity index (χ0n) is 15.7. The van der Waals surface area contributed by atoms with Gasteiger partial charge in [0.2, 0.25) is 0 Å². The van der Waals surface area contributed by atoms with E-state index in [2.05, 4.69) is 44.2 Å². The first-order valence-electron chi connectivity index (χ1n) is 9.23. The highest BCUT2D eigenvalue weighted by atomic mass is 16.5. The van der Waals surface area contributed by atoms with Crippen LogP contribution in [0.5, 0.6) is 5.75 Å². The molecule has 3 rings (SSSR count). The average molecular weight is 345 g/mol. The Bertz CT molecular complexity index is 583. The molecule has 6 nitrogen and oxygen atoms in total. The molecule has 2 fully saturated rings. The second kappa shape index (κ2) is 8.43. The highest BCUT2D eigenvalue weighted by Gasteiger charge is 2.23. The molecule has 1 aromatic carbocycles. The summed E-state index contributed by atoms with van der Waals surface area (Å²) in [6.45, 7) is 7.32. The van der Waals surface area contributed by atoms with Gasteiger partial charge in [0.15, 0.2) is 5.96 Å². The molecule has 0 aromatic heterocycles. The zero-order valence-corrected chi connectivity index (χ0v) is 15.7. The summed E-state index contributed by atoms with van der Waals surface area (Å²) in [7, 11) is 5.82. The predicted molar refractivity (Wildman–Crippen MR) is 104 cm³/mol. The third-order valence-electron chi connectivity index (χ3n) is 5.25. The van der Waals surface area contributed by atoms with Crippen LogP contribution in [0.3, 0.4) is 0 Å². The Labute approximate surface area is 151 Å². The Kier molecular flexibility index (Phi) is 6.02. The summed E-state index contributed by atoms with van der Waals surface area (Å²) in [5.41, 5.74) is 1.18. The Balaban J connectivity index is 1.52. The van der Waals surface area contributed by atoms with Crippen molar-refractivity contribution in [2.45, 2.75) is 6.42 Å². The van der Waals surface area contributed by atoms with Crippen LogP contribution in [-0.2, 0) is 0 Å². The number of para-hydroxylation sites is 2. The number of methoxy groups -OCH3 is 1. The van der Waals surface area contributed by atoms with E-state index < -0.39 is 0 Å². The van der Waals surface area contributed by atoms with Gasteiger partial charge in [-0.1, -0.05) is 12.1 Å². The van der Waals surface area contributed by atoms with Gasteiger partial charge in [0, 0.05) is 46.3 Å². The lowest BCUT2D eigenvalue weighted by atomic mass is 10.1. The standard InChI is InChI=1S/C19H31N5O/c1-20-19(21-14-16-8-9-22(2)15-16)24-12-10-23(11-13-24)17-6-4-5-7-18(17)25-3/h4-7,16H,8-15H2,1-3H3,(H,20,21). The topological polar surface area (TPSA) is 43.3 Å². The van der Waals surface area contributed by atoms with Crippen molar-refractivity contribution < 1.29 is 4.74 Å². The van der Waals surface area contributed by atoms with Gasteiger partial charge in [-0.25, -0.2) is 0 Å². The van der Waals surface area contributed by atoms with E-state index in [0.717, 1.165) is 50.4 Å². The molecule has 0 saturated carbocycles. The van der Waals surface area contributed by atoms with Gasteiger partial charge in [0.1, 0.15) is 5.75 Å². The summed E-state index contributed by atoms with van der Waals surface area (Å²) in [5, 5.41) is 3.58. The number of ether oxygens (including phenoxy) is 1. The minimum atomic E-state index is 0.733. The molecular weight excluding hydrogens is 314 g/mol. The van der Waals surface area contributed by atoms with Crippen molar-refractivity contribution in [1.29, 1.82) is 0 Å². The number of hydrogen-bond acceptors (Lipinski definition) is 4. The van der Waals surface area contributed by atoms with Gasteiger partial charge in [-0.3, -0.25) is 4.99 Å². The second-order valence-corrected chi connectivity index (χ2v) is 6.99. The van der Waals surface area contributed by atoms with E-state index in [1.807, 2.05) is 19.2 Å². The van der Waals surface area contributed by atoms with Crippen LogP contribution in [0.15, 0.2) is 29.3 Å². The van der Waals surface area contributed by atoms with Crippen LogP contribution in [0.25, 0.3) is 0 Å². The zero-order chi connectivity index (χ0) is 17.6. The van der Waals surface area contributed by atoms with Crippen LogP contribution in [0.4, 0.5) is 5.69 Å². The number of nitrogens with one attached hydrogen (secondary N) is 1. The van der Waals surface area contributed by atoms with E-state index in [1.54, 1.807) is 7.11 Å². The molecule has 0 radical (unpaired) electrons. The van der Waals surface area contributed by atoms with Crippen LogP contribution < -0.4 is 15.0 Å². The first kappa shape index (κ1) is 17.9. The first-order valence-corrected chi connectivity index (χ1v) is 9.23. The lowest BCUT2D eigenvalue weighted by Gasteiger charge is -2.38. The molecule has 25 heavy (non-hydrogen) atoms. The van der Waals surface area contributed by atoms with E-state index in [-0.39, 0.29) is 0 Å². The minimum absolute atomic E-state index is 0.733. The highest BCUT2D eigenvalue weighted by Crippen LogP contribution is 2.28. The lowest BCUT2D eigenvalue weighted by molar-refractivity contribution is 0.360. The van der Waals surface area contributed by atoms with Gasteiger partial charge in [-0.2, -0.15) is 0 Å². The molecule has 138 valence electrons. The molecule has 0 amide bonds. The maximum absolute atomic E-state index is 5.50. The fourth-order valence-electron chi connectivity index (χ4n) is 3.81. The molecule has 1 aromatic rings. The van der Waals surface area contributed by atoms with Crippen LogP contribution in [0, 0.1) is 5.92 Å². The van der Waals surface area contributed by atoms with E-state index >= 15 is 0 Å². The van der Waals surface area contributed by atoms with Gasteiger partial charge < -0.3 is 24.8 Å². The minimum Gasteiger partial charge on any atom is -0.495 e. The molecular formula is C19H31N5O. The average Bonchev–Trinajstić information content (AvgIpc) is 3.08. The van der Waals surface area contributed by atoms with Crippen molar-refractivity contribution in [2.75, 3.05) is 71.9 Å². The fraction of sp³-hybridized carbons (Fsp3) is 0.632. The Morgan fingerprint density at radius 1 is 1.20 bits per heavy atom. The van der Waals surface area contributed by atoms with Crippen LogP contribution in [0.2, 0.25) is 0 Å². The molecule has 2 aliphatic rings. The predicted octanol–water partition coefficient (Wildman–Crippen LogP) is 1.34. The van der Waals surface area contributed by atoms with E-state index in [4.69, 9.17) is 4.74 Å². The number of piperazine rings is 1.